The Balaban J connectivity index is 1.68. The smallest absolute Gasteiger partial charge is 0.237 e. The normalized spacial score (nSPS) is 16.7. The van der Waals surface area contributed by atoms with E-state index in [1.807, 2.05) is 35.1 Å². The monoisotopic (exact) mass is 476 g/mol. The highest BCUT2D eigenvalue weighted by molar-refractivity contribution is 7.10. The van der Waals surface area contributed by atoms with Crippen LogP contribution in [-0.2, 0) is 16.0 Å². The van der Waals surface area contributed by atoms with Crippen molar-refractivity contribution in [1.82, 2.24) is 9.80 Å². The van der Waals surface area contributed by atoms with Gasteiger partial charge >= 0.3 is 0 Å². The molecule has 1 aliphatic rings. The molecular weight excluding hydrogens is 443 g/mol. The van der Waals surface area contributed by atoms with Gasteiger partial charge in [-0.05, 0) is 49.4 Å². The third-order valence-corrected chi connectivity index (χ3v) is 6.45. The Hall–Kier alpha value is -2.26. The summed E-state index contributed by atoms with van der Waals surface area (Å²) in [7, 11) is 0. The van der Waals surface area contributed by atoms with Crippen molar-refractivity contribution in [2.24, 2.45) is 0 Å². The Morgan fingerprint density at radius 2 is 2.24 bits per heavy atom. The number of hydrogen-bond donors (Lipinski definition) is 1. The van der Waals surface area contributed by atoms with Crippen LogP contribution in [0, 0.1) is 5.82 Å². The fourth-order valence-electron chi connectivity index (χ4n) is 3.93. The second-order valence-corrected chi connectivity index (χ2v) is 9.44. The van der Waals surface area contributed by atoms with Crippen molar-refractivity contribution in [2.45, 2.75) is 38.5 Å². The molecule has 3 rings (SSSR count). The number of halogens is 1. The van der Waals surface area contributed by atoms with Crippen LogP contribution in [0.5, 0.6) is 5.75 Å². The highest BCUT2D eigenvalue weighted by Gasteiger charge is 2.33. The summed E-state index contributed by atoms with van der Waals surface area (Å²) in [5.74, 6) is 0.0326. The Bertz CT molecular complexity index is 919. The van der Waals surface area contributed by atoms with Gasteiger partial charge in [0.25, 0.3) is 0 Å². The molecule has 180 valence electrons. The highest BCUT2D eigenvalue weighted by atomic mass is 32.1. The van der Waals surface area contributed by atoms with Crippen LogP contribution in [0.15, 0.2) is 48.4 Å². The van der Waals surface area contributed by atoms with Crippen LogP contribution in [0.3, 0.4) is 0 Å². The molecule has 0 saturated heterocycles. The molecule has 2 atom stereocenters. The number of aliphatic hydroxyl groups excluding tert-OH is 1. The van der Waals surface area contributed by atoms with Gasteiger partial charge in [0.05, 0.1) is 31.4 Å². The number of thiophene rings is 1. The molecule has 8 heteroatoms. The van der Waals surface area contributed by atoms with Crippen LogP contribution in [0.1, 0.15) is 30.3 Å². The third kappa shape index (κ3) is 7.37. The van der Waals surface area contributed by atoms with Crippen molar-refractivity contribution < 1.29 is 23.8 Å². The maximum atomic E-state index is 13.6. The molecule has 1 N–H and O–H groups in total. The van der Waals surface area contributed by atoms with Crippen molar-refractivity contribution in [3.05, 3.63) is 64.6 Å². The number of amides is 1. The molecule has 0 spiro atoms. The molecule has 0 fully saturated rings. The van der Waals surface area contributed by atoms with E-state index >= 15 is 0 Å². The molecule has 0 aliphatic carbocycles. The van der Waals surface area contributed by atoms with Gasteiger partial charge < -0.3 is 19.5 Å². The largest absolute Gasteiger partial charge is 0.491 e. The maximum absolute atomic E-state index is 13.6. The first-order valence-corrected chi connectivity index (χ1v) is 12.1. The Kier molecular flexibility index (Phi) is 9.43. The van der Waals surface area contributed by atoms with Crippen LogP contribution in [0.25, 0.3) is 0 Å². The van der Waals surface area contributed by atoms with Gasteiger partial charge in [-0.2, -0.15) is 0 Å². The first kappa shape index (κ1) is 25.4. The first-order valence-electron chi connectivity index (χ1n) is 11.2. The fourth-order valence-corrected chi connectivity index (χ4v) is 4.86. The predicted molar refractivity (Wildman–Crippen MR) is 128 cm³/mol. The first-order chi connectivity index (χ1) is 15.9. The highest BCUT2D eigenvalue weighted by Crippen LogP contribution is 2.34. The van der Waals surface area contributed by atoms with E-state index in [1.165, 1.54) is 17.0 Å². The lowest BCUT2D eigenvalue weighted by Crippen LogP contribution is -2.48. The number of aliphatic hydroxyl groups is 1. The van der Waals surface area contributed by atoms with Gasteiger partial charge in [-0.15, -0.1) is 17.9 Å². The summed E-state index contributed by atoms with van der Waals surface area (Å²) in [4.78, 5) is 18.3. The summed E-state index contributed by atoms with van der Waals surface area (Å²) in [6, 6.07) is 7.81. The summed E-state index contributed by atoms with van der Waals surface area (Å²) in [6.07, 6.45) is 1.85. The number of fused-ring (bicyclic) bond motifs is 1. The second kappa shape index (κ2) is 12.3. The molecule has 1 aromatic carbocycles. The Morgan fingerprint density at radius 1 is 1.42 bits per heavy atom. The number of ether oxygens (including phenoxy) is 2. The predicted octanol–water partition coefficient (Wildman–Crippen LogP) is 3.67. The number of carbonyl (C=O) groups is 1. The molecule has 0 radical (unpaired) electrons. The SMILES string of the molecule is C=CCN(CC(=O)N1CCc2sccc2[C@@H]1COc1cccc(F)c1)C[C@@H](O)COC(C)C. The summed E-state index contributed by atoms with van der Waals surface area (Å²) in [5.41, 5.74) is 1.08. The molecule has 0 saturated carbocycles. The Morgan fingerprint density at radius 3 is 2.97 bits per heavy atom. The lowest BCUT2D eigenvalue weighted by atomic mass is 10.0. The second-order valence-electron chi connectivity index (χ2n) is 8.44. The summed E-state index contributed by atoms with van der Waals surface area (Å²) >= 11 is 1.68. The van der Waals surface area contributed by atoms with Crippen LogP contribution in [0.4, 0.5) is 4.39 Å². The van der Waals surface area contributed by atoms with Crippen LogP contribution >= 0.6 is 11.3 Å². The molecule has 0 bridgehead atoms. The maximum Gasteiger partial charge on any atom is 0.237 e. The summed E-state index contributed by atoms with van der Waals surface area (Å²) < 4.78 is 24.9. The van der Waals surface area contributed by atoms with Gasteiger partial charge in [-0.3, -0.25) is 9.69 Å². The van der Waals surface area contributed by atoms with Gasteiger partial charge in [0.2, 0.25) is 5.91 Å². The van der Waals surface area contributed by atoms with Crippen LogP contribution < -0.4 is 4.74 Å². The minimum atomic E-state index is -0.697. The van der Waals surface area contributed by atoms with E-state index in [0.717, 1.165) is 12.0 Å². The van der Waals surface area contributed by atoms with E-state index in [2.05, 4.69) is 6.58 Å². The molecule has 6 nitrogen and oxygen atoms in total. The average molecular weight is 477 g/mol. The molecule has 1 amide bonds. The standard InChI is InChI=1S/C25H33FN2O4S/c1-4-10-27(14-20(29)16-31-18(2)3)15-25(30)28-11-8-24-22(9-12-33-24)23(28)17-32-21-7-5-6-19(26)13-21/h4-7,9,12-13,18,20,23,29H,1,8,10-11,14-17H2,2-3H3/t20-,23+/m1/s1. The summed E-state index contributed by atoms with van der Waals surface area (Å²) in [6.45, 7) is 9.60. The number of rotatable bonds is 12. The van der Waals surface area contributed by atoms with Gasteiger partial charge in [-0.1, -0.05) is 12.1 Å². The van der Waals surface area contributed by atoms with E-state index < -0.39 is 6.10 Å². The van der Waals surface area contributed by atoms with E-state index in [9.17, 15) is 14.3 Å². The number of carbonyl (C=O) groups excluding carboxylic acids is 1. The van der Waals surface area contributed by atoms with Crippen LogP contribution in [0.2, 0.25) is 0 Å². The van der Waals surface area contributed by atoms with Gasteiger partial charge in [0.15, 0.2) is 0 Å². The zero-order chi connectivity index (χ0) is 23.8. The van der Waals surface area contributed by atoms with Crippen molar-refractivity contribution in [3.8, 4) is 5.75 Å². The van der Waals surface area contributed by atoms with Crippen molar-refractivity contribution in [3.63, 3.8) is 0 Å². The molecular formula is C25H33FN2O4S. The zero-order valence-electron chi connectivity index (χ0n) is 19.3. The number of hydrogen-bond acceptors (Lipinski definition) is 6. The molecule has 2 aromatic rings. The van der Waals surface area contributed by atoms with Crippen molar-refractivity contribution >= 4 is 17.2 Å². The van der Waals surface area contributed by atoms with E-state index in [1.54, 1.807) is 29.5 Å². The molecule has 33 heavy (non-hydrogen) atoms. The minimum Gasteiger partial charge on any atom is -0.491 e. The lowest BCUT2D eigenvalue weighted by molar-refractivity contribution is -0.136. The van der Waals surface area contributed by atoms with Crippen molar-refractivity contribution in [2.75, 3.05) is 39.4 Å². The third-order valence-electron chi connectivity index (χ3n) is 5.46. The molecule has 1 aromatic heterocycles. The van der Waals surface area contributed by atoms with E-state index in [0.29, 0.717) is 25.4 Å². The molecule has 0 unspecified atom stereocenters. The zero-order valence-corrected chi connectivity index (χ0v) is 20.1. The van der Waals surface area contributed by atoms with Gasteiger partial charge in [-0.25, -0.2) is 4.39 Å². The van der Waals surface area contributed by atoms with Crippen molar-refractivity contribution in [1.29, 1.82) is 0 Å². The lowest BCUT2D eigenvalue weighted by Gasteiger charge is -2.37. The molecule has 2 heterocycles. The topological polar surface area (TPSA) is 62.2 Å². The fraction of sp³-hybridized carbons (Fsp3) is 0.480. The quantitative estimate of drug-likeness (QED) is 0.474. The minimum absolute atomic E-state index is 0.0288. The number of nitrogens with zero attached hydrogens (tertiary/aromatic N) is 2. The average Bonchev–Trinajstić information content (AvgIpc) is 3.25. The van der Waals surface area contributed by atoms with Gasteiger partial charge in [0.1, 0.15) is 18.2 Å². The molecule has 1 aliphatic heterocycles. The van der Waals surface area contributed by atoms with Gasteiger partial charge in [0, 0.05) is 30.6 Å². The van der Waals surface area contributed by atoms with E-state index in [4.69, 9.17) is 9.47 Å². The number of benzene rings is 1. The van der Waals surface area contributed by atoms with E-state index in [-0.39, 0.29) is 43.6 Å². The van der Waals surface area contributed by atoms with Crippen LogP contribution in [-0.4, -0.2) is 72.4 Å². The summed E-state index contributed by atoms with van der Waals surface area (Å²) in [5, 5.41) is 12.4. The Labute approximate surface area is 199 Å².